The number of allylic oxidation sites excluding steroid dienone is 3. The normalized spacial score (nSPS) is 24.3. The van der Waals surface area contributed by atoms with E-state index in [0.29, 0.717) is 11.0 Å². The van der Waals surface area contributed by atoms with Crippen LogP contribution in [0.25, 0.3) is 5.57 Å². The Bertz CT molecular complexity index is 654. The van der Waals surface area contributed by atoms with E-state index in [0.717, 1.165) is 24.6 Å². The molecule has 1 aromatic rings. The van der Waals surface area contributed by atoms with Crippen molar-refractivity contribution in [3.05, 3.63) is 47.3 Å². The molecule has 1 atom stereocenters. The lowest BCUT2D eigenvalue weighted by molar-refractivity contribution is -0.138. The molecular weight excluding hydrogens is 301 g/mol. The van der Waals surface area contributed by atoms with Gasteiger partial charge >= 0.3 is 6.18 Å². The molecule has 0 aromatic carbocycles. The molecule has 1 saturated heterocycles. The summed E-state index contributed by atoms with van der Waals surface area (Å²) in [6, 6.07) is 2.57. The predicted octanol–water partition coefficient (Wildman–Crippen LogP) is 4.59. The Balaban J connectivity index is 2.04. The number of hydrogen-bond donors (Lipinski definition) is 1. The Morgan fingerprint density at radius 3 is 2.70 bits per heavy atom. The SMILES string of the molecule is C/C=C\C(=C(/C)C1CC2(CC2)CN1)c1ncccc1C(F)(F)F. The van der Waals surface area contributed by atoms with Crippen LogP contribution >= 0.6 is 0 Å². The molecule has 2 fully saturated rings. The summed E-state index contributed by atoms with van der Waals surface area (Å²) in [5.74, 6) is 0. The summed E-state index contributed by atoms with van der Waals surface area (Å²) in [6.07, 6.45) is 3.99. The summed E-state index contributed by atoms with van der Waals surface area (Å²) in [5.41, 5.74) is 1.26. The Hall–Kier alpha value is -1.62. The molecule has 1 aliphatic heterocycles. The molecule has 124 valence electrons. The van der Waals surface area contributed by atoms with Crippen molar-refractivity contribution in [1.29, 1.82) is 0 Å². The Morgan fingerprint density at radius 1 is 1.39 bits per heavy atom. The van der Waals surface area contributed by atoms with E-state index in [1.165, 1.54) is 25.1 Å². The molecule has 1 aliphatic carbocycles. The van der Waals surface area contributed by atoms with Gasteiger partial charge in [-0.3, -0.25) is 4.98 Å². The van der Waals surface area contributed by atoms with Gasteiger partial charge in [-0.2, -0.15) is 13.2 Å². The first-order chi connectivity index (χ1) is 10.9. The van der Waals surface area contributed by atoms with E-state index in [9.17, 15) is 13.2 Å². The van der Waals surface area contributed by atoms with E-state index < -0.39 is 11.7 Å². The maximum atomic E-state index is 13.3. The predicted molar refractivity (Wildman–Crippen MR) is 84.7 cm³/mol. The number of halogens is 3. The molecule has 2 aliphatic rings. The zero-order valence-corrected chi connectivity index (χ0v) is 13.4. The second-order valence-electron chi connectivity index (χ2n) is 6.63. The summed E-state index contributed by atoms with van der Waals surface area (Å²) in [7, 11) is 0. The largest absolute Gasteiger partial charge is 0.418 e. The highest BCUT2D eigenvalue weighted by Gasteiger charge is 2.48. The van der Waals surface area contributed by atoms with Crippen LogP contribution in [0.2, 0.25) is 0 Å². The average Bonchev–Trinajstić information content (AvgIpc) is 3.13. The van der Waals surface area contributed by atoms with E-state index in [-0.39, 0.29) is 11.7 Å². The second kappa shape index (κ2) is 5.78. The van der Waals surface area contributed by atoms with Crippen LogP contribution in [0.5, 0.6) is 0 Å². The summed E-state index contributed by atoms with van der Waals surface area (Å²) < 4.78 is 40.0. The van der Waals surface area contributed by atoms with Crippen molar-refractivity contribution in [3.63, 3.8) is 0 Å². The number of nitrogens with one attached hydrogen (secondary N) is 1. The number of pyridine rings is 1. The Labute approximate surface area is 134 Å². The van der Waals surface area contributed by atoms with E-state index in [4.69, 9.17) is 0 Å². The van der Waals surface area contributed by atoms with Crippen molar-refractivity contribution in [2.45, 2.75) is 45.3 Å². The van der Waals surface area contributed by atoms with Crippen molar-refractivity contribution in [1.82, 2.24) is 10.3 Å². The number of aromatic nitrogens is 1. The van der Waals surface area contributed by atoms with E-state index >= 15 is 0 Å². The Kier molecular flexibility index (Phi) is 4.08. The highest BCUT2D eigenvalue weighted by molar-refractivity contribution is 5.77. The molecule has 1 aromatic heterocycles. The molecule has 2 nitrogen and oxygen atoms in total. The average molecular weight is 322 g/mol. The fraction of sp³-hybridized carbons (Fsp3) is 0.500. The smallest absolute Gasteiger partial charge is 0.310 e. The number of nitrogens with zero attached hydrogens (tertiary/aromatic N) is 1. The minimum Gasteiger partial charge on any atom is -0.310 e. The third-order valence-electron chi connectivity index (χ3n) is 4.97. The summed E-state index contributed by atoms with van der Waals surface area (Å²) in [5, 5.41) is 3.48. The fourth-order valence-electron chi connectivity index (χ4n) is 3.38. The van der Waals surface area contributed by atoms with Gasteiger partial charge in [-0.25, -0.2) is 0 Å². The third-order valence-corrected chi connectivity index (χ3v) is 4.97. The van der Waals surface area contributed by atoms with Crippen LogP contribution in [0, 0.1) is 5.41 Å². The molecule has 0 radical (unpaired) electrons. The van der Waals surface area contributed by atoms with Crippen molar-refractivity contribution in [2.24, 2.45) is 5.41 Å². The highest BCUT2D eigenvalue weighted by atomic mass is 19.4. The number of alkyl halides is 3. The third kappa shape index (κ3) is 3.20. The topological polar surface area (TPSA) is 24.9 Å². The first-order valence-electron chi connectivity index (χ1n) is 7.96. The summed E-state index contributed by atoms with van der Waals surface area (Å²) in [6.45, 7) is 4.70. The van der Waals surface area contributed by atoms with Crippen molar-refractivity contribution in [2.75, 3.05) is 6.54 Å². The van der Waals surface area contributed by atoms with Crippen LogP contribution in [0.15, 0.2) is 36.1 Å². The van der Waals surface area contributed by atoms with Gasteiger partial charge in [0, 0.05) is 24.4 Å². The zero-order valence-electron chi connectivity index (χ0n) is 13.4. The van der Waals surface area contributed by atoms with Crippen LogP contribution in [-0.2, 0) is 6.18 Å². The van der Waals surface area contributed by atoms with Crippen molar-refractivity contribution >= 4 is 5.57 Å². The zero-order chi connectivity index (χ0) is 16.7. The van der Waals surface area contributed by atoms with Crippen LogP contribution in [0.1, 0.15) is 44.4 Å². The van der Waals surface area contributed by atoms with Crippen LogP contribution in [0.3, 0.4) is 0 Å². The van der Waals surface area contributed by atoms with Gasteiger partial charge in [0.25, 0.3) is 0 Å². The van der Waals surface area contributed by atoms with Gasteiger partial charge in [-0.1, -0.05) is 12.2 Å². The first-order valence-corrected chi connectivity index (χ1v) is 7.96. The van der Waals surface area contributed by atoms with E-state index in [1.807, 2.05) is 13.8 Å². The second-order valence-corrected chi connectivity index (χ2v) is 6.63. The Morgan fingerprint density at radius 2 is 2.13 bits per heavy atom. The molecule has 2 heterocycles. The molecule has 5 heteroatoms. The fourth-order valence-corrected chi connectivity index (χ4v) is 3.38. The van der Waals surface area contributed by atoms with Gasteiger partial charge in [0.2, 0.25) is 0 Å². The molecule has 1 N–H and O–H groups in total. The molecule has 1 saturated carbocycles. The maximum Gasteiger partial charge on any atom is 0.418 e. The number of hydrogen-bond acceptors (Lipinski definition) is 2. The monoisotopic (exact) mass is 322 g/mol. The molecule has 1 unspecified atom stereocenters. The van der Waals surface area contributed by atoms with Gasteiger partial charge in [-0.05, 0) is 56.2 Å². The van der Waals surface area contributed by atoms with Gasteiger partial charge in [-0.15, -0.1) is 0 Å². The highest BCUT2D eigenvalue weighted by Crippen LogP contribution is 2.53. The molecule has 23 heavy (non-hydrogen) atoms. The summed E-state index contributed by atoms with van der Waals surface area (Å²) >= 11 is 0. The molecule has 1 spiro atoms. The van der Waals surface area contributed by atoms with Crippen LogP contribution in [-0.4, -0.2) is 17.6 Å². The maximum absolute atomic E-state index is 13.3. The van der Waals surface area contributed by atoms with Gasteiger partial charge in [0.1, 0.15) is 0 Å². The molecule has 0 bridgehead atoms. The van der Waals surface area contributed by atoms with Crippen LogP contribution < -0.4 is 5.32 Å². The summed E-state index contributed by atoms with van der Waals surface area (Å²) in [4.78, 5) is 4.05. The van der Waals surface area contributed by atoms with Gasteiger partial charge in [0.05, 0.1) is 11.3 Å². The van der Waals surface area contributed by atoms with Gasteiger partial charge in [0.15, 0.2) is 0 Å². The standard InChI is InChI=1S/C18H21F3N2/c1-3-5-13(12(2)15-10-17(7-8-17)11-23-15)16-14(18(19,20)21)6-4-9-22-16/h3-6,9,15,23H,7-8,10-11H2,1-2H3/b5-3-,13-12-. The lowest BCUT2D eigenvalue weighted by Crippen LogP contribution is -2.23. The quantitative estimate of drug-likeness (QED) is 0.823. The lowest BCUT2D eigenvalue weighted by Gasteiger charge is -2.18. The number of rotatable bonds is 3. The van der Waals surface area contributed by atoms with E-state index in [1.54, 1.807) is 12.2 Å². The lowest BCUT2D eigenvalue weighted by atomic mass is 9.92. The van der Waals surface area contributed by atoms with Crippen molar-refractivity contribution < 1.29 is 13.2 Å². The molecule has 3 rings (SSSR count). The first kappa shape index (κ1) is 16.2. The molecule has 0 amide bonds. The van der Waals surface area contributed by atoms with Gasteiger partial charge < -0.3 is 5.32 Å². The van der Waals surface area contributed by atoms with Crippen LogP contribution in [0.4, 0.5) is 13.2 Å². The minimum absolute atomic E-state index is 0.0224. The minimum atomic E-state index is -4.41. The van der Waals surface area contributed by atoms with Crippen molar-refractivity contribution in [3.8, 4) is 0 Å². The van der Waals surface area contributed by atoms with E-state index in [2.05, 4.69) is 10.3 Å². The molecular formula is C18H21F3N2.